The predicted molar refractivity (Wildman–Crippen MR) is 123 cm³/mol. The van der Waals surface area contributed by atoms with Crippen LogP contribution in [0.2, 0.25) is 0 Å². The average molecular weight is 539 g/mol. The molecule has 12 heteroatoms. The van der Waals surface area contributed by atoms with Crippen LogP contribution in [0.15, 0.2) is 23.0 Å². The Kier molecular flexibility index (Phi) is 6.01. The number of aliphatic hydroxyl groups is 5. The normalized spacial score (nSPS) is 52.1. The first-order valence-electron chi connectivity index (χ1n) is 13.1. The molecule has 13 atom stereocenters. The number of carbonyl (C=O) groups excluding carboxylic acids is 2. The molecule has 210 valence electrons. The van der Waals surface area contributed by atoms with Gasteiger partial charge in [0.1, 0.15) is 42.7 Å². The summed E-state index contributed by atoms with van der Waals surface area (Å²) in [7, 11) is 0. The van der Waals surface area contributed by atoms with Crippen molar-refractivity contribution in [1.82, 2.24) is 0 Å². The zero-order valence-corrected chi connectivity index (χ0v) is 21.1. The van der Waals surface area contributed by atoms with Crippen LogP contribution in [0.5, 0.6) is 0 Å². The lowest BCUT2D eigenvalue weighted by molar-refractivity contribution is -0.336. The maximum absolute atomic E-state index is 13.4. The van der Waals surface area contributed by atoms with Crippen LogP contribution in [-0.4, -0.2) is 92.6 Å². The van der Waals surface area contributed by atoms with Crippen molar-refractivity contribution in [3.8, 4) is 0 Å². The van der Waals surface area contributed by atoms with Gasteiger partial charge in [0, 0.05) is 5.56 Å². The summed E-state index contributed by atoms with van der Waals surface area (Å²) in [4.78, 5) is 26.6. The summed E-state index contributed by atoms with van der Waals surface area (Å²) < 4.78 is 28.2. The summed E-state index contributed by atoms with van der Waals surface area (Å²) in [6.07, 6.45) is -5.80. The van der Waals surface area contributed by atoms with Crippen LogP contribution in [0, 0.1) is 22.7 Å². The second kappa shape index (κ2) is 8.72. The molecule has 5 fully saturated rings. The van der Waals surface area contributed by atoms with Crippen molar-refractivity contribution >= 4 is 11.9 Å². The minimum Gasteiger partial charge on any atom is -0.472 e. The highest BCUT2D eigenvalue weighted by Gasteiger charge is 2.79. The van der Waals surface area contributed by atoms with Gasteiger partial charge in [0.2, 0.25) is 0 Å². The van der Waals surface area contributed by atoms with Crippen LogP contribution >= 0.6 is 0 Å². The number of hydrogen-bond donors (Lipinski definition) is 5. The van der Waals surface area contributed by atoms with E-state index in [1.54, 1.807) is 19.3 Å². The smallest absolute Gasteiger partial charge is 0.341 e. The van der Waals surface area contributed by atoms with Crippen LogP contribution < -0.4 is 0 Å². The van der Waals surface area contributed by atoms with Gasteiger partial charge in [0.25, 0.3) is 0 Å². The summed E-state index contributed by atoms with van der Waals surface area (Å²) in [5.74, 6) is -2.12. The largest absolute Gasteiger partial charge is 0.472 e. The summed E-state index contributed by atoms with van der Waals surface area (Å²) in [6, 6.07) is 1.75. The third kappa shape index (κ3) is 3.28. The Balaban J connectivity index is 1.33. The lowest BCUT2D eigenvalue weighted by Crippen LogP contribution is -2.71. The monoisotopic (exact) mass is 538 g/mol. The molecule has 12 nitrogen and oxygen atoms in total. The van der Waals surface area contributed by atoms with Crippen molar-refractivity contribution in [2.75, 3.05) is 6.61 Å². The molecule has 0 amide bonds. The summed E-state index contributed by atoms with van der Waals surface area (Å²) >= 11 is 0. The fourth-order valence-corrected chi connectivity index (χ4v) is 8.10. The Labute approximate surface area is 218 Å². The van der Waals surface area contributed by atoms with Gasteiger partial charge in [-0.05, 0) is 43.1 Å². The first kappa shape index (κ1) is 26.2. The fourth-order valence-electron chi connectivity index (χ4n) is 8.10. The van der Waals surface area contributed by atoms with E-state index >= 15 is 0 Å². The van der Waals surface area contributed by atoms with Crippen LogP contribution in [0.4, 0.5) is 0 Å². The number of esters is 2. The van der Waals surface area contributed by atoms with E-state index in [-0.39, 0.29) is 24.7 Å². The number of hydrogen-bond acceptors (Lipinski definition) is 12. The van der Waals surface area contributed by atoms with Gasteiger partial charge in [-0.25, -0.2) is 4.79 Å². The minimum absolute atomic E-state index is 0.168. The number of rotatable bonds is 4. The molecular weight excluding hydrogens is 504 g/mol. The van der Waals surface area contributed by atoms with Crippen LogP contribution in [0.1, 0.15) is 51.2 Å². The number of ether oxygens (including phenoxy) is 4. The van der Waals surface area contributed by atoms with E-state index in [9.17, 15) is 35.1 Å². The number of carbonyl (C=O) groups is 2. The molecule has 2 aliphatic carbocycles. The maximum atomic E-state index is 13.4. The average Bonchev–Trinajstić information content (AvgIpc) is 3.48. The molecule has 1 aromatic rings. The first-order valence-corrected chi connectivity index (χ1v) is 13.1. The van der Waals surface area contributed by atoms with Gasteiger partial charge in [-0.1, -0.05) is 13.8 Å². The van der Waals surface area contributed by atoms with Crippen molar-refractivity contribution < 1.29 is 58.5 Å². The molecule has 3 saturated heterocycles. The van der Waals surface area contributed by atoms with E-state index in [4.69, 9.17) is 23.4 Å². The van der Waals surface area contributed by atoms with Gasteiger partial charge in [-0.15, -0.1) is 0 Å². The van der Waals surface area contributed by atoms with Gasteiger partial charge in [0.05, 0.1) is 30.5 Å². The third-order valence-corrected chi connectivity index (χ3v) is 10.2. The topological polar surface area (TPSA) is 185 Å². The Bertz CT molecular complexity index is 1090. The van der Waals surface area contributed by atoms with Gasteiger partial charge in [-0.3, -0.25) is 4.79 Å². The highest BCUT2D eigenvalue weighted by Crippen LogP contribution is 2.69. The molecule has 4 heterocycles. The molecular formula is C26H34O12. The molecule has 5 aliphatic rings. The van der Waals surface area contributed by atoms with E-state index < -0.39 is 83.9 Å². The van der Waals surface area contributed by atoms with Gasteiger partial charge in [-0.2, -0.15) is 0 Å². The van der Waals surface area contributed by atoms with Crippen molar-refractivity contribution in [2.24, 2.45) is 22.7 Å². The molecule has 0 spiro atoms. The molecule has 6 rings (SSSR count). The molecule has 0 aromatic carbocycles. The van der Waals surface area contributed by atoms with E-state index in [0.717, 1.165) is 5.56 Å². The zero-order valence-electron chi connectivity index (χ0n) is 21.1. The molecule has 3 aliphatic heterocycles. The number of furan rings is 1. The molecule has 5 N–H and O–H groups in total. The molecule has 0 radical (unpaired) electrons. The van der Waals surface area contributed by atoms with Gasteiger partial charge in [0.15, 0.2) is 11.9 Å². The van der Waals surface area contributed by atoms with Crippen molar-refractivity contribution in [3.05, 3.63) is 24.2 Å². The standard InChI is InChI=1S/C26H34O12/c1-24-8-13(11-5-6-34-10-11)35-21(31)12(24)7-17-25(2)15(24)3-4-16(26(25,33)23(32)38-17)37-22-20(30)19(29)18(28)14(9-27)36-22/h5-6,10,12-20,22,27-30,33H,3-4,7-9H2,1-2H3/t12-,13-,14-,15+,16+,17-,18-,19+,20-,22+,24-,25+,26-/m0/s1. The van der Waals surface area contributed by atoms with E-state index in [0.29, 0.717) is 12.8 Å². The minimum atomic E-state index is -2.14. The molecule has 0 bridgehead atoms. The van der Waals surface area contributed by atoms with Crippen LogP contribution in [0.3, 0.4) is 0 Å². The Hall–Kier alpha value is -2.06. The highest BCUT2D eigenvalue weighted by atomic mass is 16.7. The SMILES string of the molecule is C[C@]12C[C@@H](c3ccoc3)OC(=O)[C@@H]1C[C@@H]1OC(=O)[C@@]3(O)[C@H](O[C@H]4O[C@@H](CO)[C@H](O)[C@@H](O)[C@@H]4O)CC[C@H]2[C@]13C. The summed E-state index contributed by atoms with van der Waals surface area (Å²) in [6.45, 7) is 3.14. The lowest BCUT2D eigenvalue weighted by atomic mass is 9.42. The first-order chi connectivity index (χ1) is 18.0. The predicted octanol–water partition coefficient (Wildman–Crippen LogP) is -0.448. The quantitative estimate of drug-likeness (QED) is 0.246. The lowest BCUT2D eigenvalue weighted by Gasteiger charge is -2.63. The molecule has 0 unspecified atom stereocenters. The van der Waals surface area contributed by atoms with E-state index in [1.807, 2.05) is 6.92 Å². The fraction of sp³-hybridized carbons (Fsp3) is 0.769. The Morgan fingerprint density at radius 1 is 1.08 bits per heavy atom. The Morgan fingerprint density at radius 3 is 2.53 bits per heavy atom. The second-order valence-corrected chi connectivity index (χ2v) is 11.9. The van der Waals surface area contributed by atoms with Gasteiger partial charge >= 0.3 is 11.9 Å². The van der Waals surface area contributed by atoms with E-state index in [2.05, 4.69) is 0 Å². The zero-order chi connectivity index (χ0) is 27.2. The van der Waals surface area contributed by atoms with Crippen molar-refractivity contribution in [1.29, 1.82) is 0 Å². The second-order valence-electron chi connectivity index (χ2n) is 11.9. The number of fused-ring (bicyclic) bond motifs is 2. The molecule has 2 saturated carbocycles. The molecule has 1 aromatic heterocycles. The molecule has 38 heavy (non-hydrogen) atoms. The van der Waals surface area contributed by atoms with E-state index in [1.165, 1.54) is 6.26 Å². The van der Waals surface area contributed by atoms with Gasteiger partial charge < -0.3 is 48.9 Å². The summed E-state index contributed by atoms with van der Waals surface area (Å²) in [5, 5.41) is 52.5. The maximum Gasteiger partial charge on any atom is 0.341 e. The Morgan fingerprint density at radius 2 is 1.84 bits per heavy atom. The van der Waals surface area contributed by atoms with Crippen molar-refractivity contribution in [2.45, 2.75) is 94.1 Å². The summed E-state index contributed by atoms with van der Waals surface area (Å²) in [5.41, 5.74) is -3.19. The van der Waals surface area contributed by atoms with Crippen LogP contribution in [0.25, 0.3) is 0 Å². The number of aliphatic hydroxyl groups excluding tert-OH is 4. The highest BCUT2D eigenvalue weighted by molar-refractivity contribution is 5.85. The number of cyclic esters (lactones) is 1. The van der Waals surface area contributed by atoms with Crippen LogP contribution in [-0.2, 0) is 28.5 Å². The van der Waals surface area contributed by atoms with Crippen molar-refractivity contribution in [3.63, 3.8) is 0 Å². The third-order valence-electron chi connectivity index (χ3n) is 10.2.